The summed E-state index contributed by atoms with van der Waals surface area (Å²) in [7, 11) is 0. The number of fused-ring (bicyclic) bond motifs is 3. The maximum absolute atomic E-state index is 9.10. The van der Waals surface area contributed by atoms with Gasteiger partial charge in [0.05, 0.1) is 36.9 Å². The Morgan fingerprint density at radius 1 is 1.29 bits per heavy atom. The molecule has 2 atom stereocenters. The van der Waals surface area contributed by atoms with Gasteiger partial charge in [-0.25, -0.2) is 4.68 Å². The highest BCUT2D eigenvalue weighted by atomic mass is 35.5. The van der Waals surface area contributed by atoms with Crippen molar-refractivity contribution < 1.29 is 9.84 Å². The Balaban J connectivity index is 1.77. The van der Waals surface area contributed by atoms with Crippen LogP contribution in [0.5, 0.6) is 0 Å². The molecule has 0 aliphatic carbocycles. The van der Waals surface area contributed by atoms with Gasteiger partial charge in [-0.1, -0.05) is 0 Å². The summed E-state index contributed by atoms with van der Waals surface area (Å²) in [6.45, 7) is 2.05. The number of anilines is 1. The average Bonchev–Trinajstić information content (AvgIpc) is 3.02. The topological polar surface area (TPSA) is 76.3 Å². The zero-order valence-corrected chi connectivity index (χ0v) is 12.2. The Kier molecular flexibility index (Phi) is 3.20. The van der Waals surface area contributed by atoms with E-state index >= 15 is 0 Å². The molecule has 0 aromatic carbocycles. The van der Waals surface area contributed by atoms with Crippen molar-refractivity contribution in [3.63, 3.8) is 0 Å². The lowest BCUT2D eigenvalue weighted by Crippen LogP contribution is -2.43. The Labute approximate surface area is 126 Å². The first-order chi connectivity index (χ1) is 10.2. The molecule has 4 heterocycles. The minimum atomic E-state index is 0.00936. The summed E-state index contributed by atoms with van der Waals surface area (Å²) in [6, 6.07) is 0. The molecule has 0 radical (unpaired) electrons. The fraction of sp³-hybridized carbons (Fsp3) is 0.615. The van der Waals surface area contributed by atoms with Crippen LogP contribution in [0.25, 0.3) is 11.0 Å². The number of hydrogen-bond donors (Lipinski definition) is 1. The van der Waals surface area contributed by atoms with Crippen LogP contribution in [0.2, 0.25) is 5.28 Å². The molecule has 112 valence electrons. The highest BCUT2D eigenvalue weighted by Crippen LogP contribution is 2.32. The second-order valence-corrected chi connectivity index (χ2v) is 5.85. The molecule has 8 heteroatoms. The standard InChI is InChI=1S/C13H16ClN5O2/c14-13-16-11(18-6-8-1-2-9(7-18)21-8)10-5-15-19(3-4-20)12(10)17-13/h5,8-9,20H,1-4,6-7H2/t8-,9+. The zero-order valence-electron chi connectivity index (χ0n) is 11.4. The first-order valence-corrected chi connectivity index (χ1v) is 7.52. The van der Waals surface area contributed by atoms with Crippen molar-refractivity contribution in [2.75, 3.05) is 24.6 Å². The van der Waals surface area contributed by atoms with Crippen molar-refractivity contribution in [3.8, 4) is 0 Å². The van der Waals surface area contributed by atoms with E-state index in [0.29, 0.717) is 12.2 Å². The van der Waals surface area contributed by atoms with Crippen LogP contribution in [0.1, 0.15) is 12.8 Å². The predicted octanol–water partition coefficient (Wildman–Crippen LogP) is 0.840. The quantitative estimate of drug-likeness (QED) is 0.847. The van der Waals surface area contributed by atoms with Crippen molar-refractivity contribution in [1.82, 2.24) is 19.7 Å². The highest BCUT2D eigenvalue weighted by Gasteiger charge is 2.35. The van der Waals surface area contributed by atoms with E-state index in [0.717, 1.165) is 37.1 Å². The average molecular weight is 310 g/mol. The van der Waals surface area contributed by atoms with Gasteiger partial charge in [0.2, 0.25) is 5.28 Å². The molecule has 2 aromatic rings. The Morgan fingerprint density at radius 2 is 2.05 bits per heavy atom. The SMILES string of the molecule is OCCn1ncc2c(N3C[C@H]4CC[C@@H](C3)O4)nc(Cl)nc21. The molecule has 2 aromatic heterocycles. The molecule has 4 rings (SSSR count). The Hall–Kier alpha value is -1.44. The lowest BCUT2D eigenvalue weighted by molar-refractivity contribution is 0.0303. The van der Waals surface area contributed by atoms with Gasteiger partial charge in [-0.2, -0.15) is 15.1 Å². The van der Waals surface area contributed by atoms with E-state index in [4.69, 9.17) is 21.4 Å². The monoisotopic (exact) mass is 309 g/mol. The second-order valence-electron chi connectivity index (χ2n) is 5.51. The van der Waals surface area contributed by atoms with E-state index in [1.54, 1.807) is 10.9 Å². The minimum absolute atomic E-state index is 0.00936. The molecule has 0 spiro atoms. The normalized spacial score (nSPS) is 25.0. The maximum Gasteiger partial charge on any atom is 0.226 e. The van der Waals surface area contributed by atoms with Gasteiger partial charge < -0.3 is 14.7 Å². The van der Waals surface area contributed by atoms with Gasteiger partial charge in [0.1, 0.15) is 5.82 Å². The second kappa shape index (κ2) is 5.08. The van der Waals surface area contributed by atoms with Crippen molar-refractivity contribution in [2.24, 2.45) is 0 Å². The number of ether oxygens (including phenoxy) is 1. The Bertz CT molecular complexity index is 664. The summed E-state index contributed by atoms with van der Waals surface area (Å²) in [6.07, 6.45) is 4.51. The van der Waals surface area contributed by atoms with Crippen molar-refractivity contribution >= 4 is 28.5 Å². The zero-order chi connectivity index (χ0) is 14.4. The third-order valence-corrected chi connectivity index (χ3v) is 4.27. The fourth-order valence-corrected chi connectivity index (χ4v) is 3.36. The van der Waals surface area contributed by atoms with Crippen LogP contribution >= 0.6 is 11.6 Å². The third-order valence-electron chi connectivity index (χ3n) is 4.10. The van der Waals surface area contributed by atoms with Crippen LogP contribution in [0, 0.1) is 0 Å². The molecular formula is C13H16ClN5O2. The van der Waals surface area contributed by atoms with Crippen LogP contribution in [-0.2, 0) is 11.3 Å². The van der Waals surface area contributed by atoms with E-state index in [1.807, 2.05) is 0 Å². The lowest BCUT2D eigenvalue weighted by Gasteiger charge is -2.33. The number of aliphatic hydroxyl groups excluding tert-OH is 1. The molecule has 2 fully saturated rings. The van der Waals surface area contributed by atoms with Gasteiger partial charge in [0.15, 0.2) is 5.65 Å². The third kappa shape index (κ3) is 2.25. The number of rotatable bonds is 3. The molecule has 2 aliphatic heterocycles. The molecule has 2 aliphatic rings. The van der Waals surface area contributed by atoms with Gasteiger partial charge >= 0.3 is 0 Å². The largest absolute Gasteiger partial charge is 0.394 e. The number of halogens is 1. The minimum Gasteiger partial charge on any atom is -0.394 e. The van der Waals surface area contributed by atoms with E-state index in [9.17, 15) is 0 Å². The molecule has 7 nitrogen and oxygen atoms in total. The van der Waals surface area contributed by atoms with Crippen molar-refractivity contribution in [2.45, 2.75) is 31.6 Å². The van der Waals surface area contributed by atoms with Crippen molar-refractivity contribution in [3.05, 3.63) is 11.5 Å². The first kappa shape index (κ1) is 13.2. The summed E-state index contributed by atoms with van der Waals surface area (Å²) in [5.74, 6) is 0.814. The number of morpholine rings is 1. The van der Waals surface area contributed by atoms with Gasteiger partial charge in [0.25, 0.3) is 0 Å². The molecular weight excluding hydrogens is 294 g/mol. The molecule has 0 unspecified atom stereocenters. The van der Waals surface area contributed by atoms with Gasteiger partial charge in [0, 0.05) is 13.1 Å². The smallest absolute Gasteiger partial charge is 0.226 e. The summed E-state index contributed by atoms with van der Waals surface area (Å²) in [5.41, 5.74) is 0.665. The molecule has 0 saturated carbocycles. The summed E-state index contributed by atoms with van der Waals surface area (Å²) >= 11 is 6.08. The number of nitrogens with zero attached hydrogens (tertiary/aromatic N) is 5. The summed E-state index contributed by atoms with van der Waals surface area (Å²) < 4.78 is 7.52. The summed E-state index contributed by atoms with van der Waals surface area (Å²) in [5, 5.41) is 14.4. The van der Waals surface area contributed by atoms with E-state index in [1.165, 1.54) is 0 Å². The van der Waals surface area contributed by atoms with Crippen molar-refractivity contribution in [1.29, 1.82) is 0 Å². The Morgan fingerprint density at radius 3 is 2.76 bits per heavy atom. The highest BCUT2D eigenvalue weighted by molar-refractivity contribution is 6.28. The van der Waals surface area contributed by atoms with Crippen LogP contribution in [0.3, 0.4) is 0 Å². The predicted molar refractivity (Wildman–Crippen MR) is 77.5 cm³/mol. The molecule has 0 amide bonds. The molecule has 2 bridgehead atoms. The number of aromatic nitrogens is 4. The first-order valence-electron chi connectivity index (χ1n) is 7.15. The molecule has 21 heavy (non-hydrogen) atoms. The molecule has 2 saturated heterocycles. The maximum atomic E-state index is 9.10. The van der Waals surface area contributed by atoms with Crippen LogP contribution in [-0.4, -0.2) is 56.8 Å². The van der Waals surface area contributed by atoms with Crippen LogP contribution < -0.4 is 4.90 Å². The fourth-order valence-electron chi connectivity index (χ4n) is 3.20. The van der Waals surface area contributed by atoms with Gasteiger partial charge in [-0.3, -0.25) is 0 Å². The van der Waals surface area contributed by atoms with Gasteiger partial charge in [-0.15, -0.1) is 0 Å². The van der Waals surface area contributed by atoms with E-state index in [-0.39, 0.29) is 24.1 Å². The van der Waals surface area contributed by atoms with Crippen LogP contribution in [0.15, 0.2) is 6.20 Å². The van der Waals surface area contributed by atoms with E-state index < -0.39 is 0 Å². The summed E-state index contributed by atoms with van der Waals surface area (Å²) in [4.78, 5) is 10.9. The number of hydrogen-bond acceptors (Lipinski definition) is 6. The molecule has 1 N–H and O–H groups in total. The lowest BCUT2D eigenvalue weighted by atomic mass is 10.2. The van der Waals surface area contributed by atoms with E-state index in [2.05, 4.69) is 20.0 Å². The number of aliphatic hydroxyl groups is 1. The van der Waals surface area contributed by atoms with Crippen LogP contribution in [0.4, 0.5) is 5.82 Å². The van der Waals surface area contributed by atoms with Gasteiger partial charge in [-0.05, 0) is 24.4 Å².